The molecule has 5 rings (SSSR count). The average molecular weight is 738 g/mol. The lowest BCUT2D eigenvalue weighted by Crippen LogP contribution is -2.30. The number of hydrogen-bond acceptors (Lipinski definition) is 4. The molecule has 52 heavy (non-hydrogen) atoms. The quantitative estimate of drug-likeness (QED) is 0.0577. The third kappa shape index (κ3) is 8.87. The Morgan fingerprint density at radius 3 is 1.88 bits per heavy atom. The van der Waals surface area contributed by atoms with Crippen molar-refractivity contribution in [3.8, 4) is 0 Å². The number of aryl methyl sites for hydroxylation is 1. The zero-order chi connectivity index (χ0) is 37.6. The van der Waals surface area contributed by atoms with Crippen LogP contribution in [0, 0.1) is 30.2 Å². The third-order valence-corrected chi connectivity index (χ3v) is 8.65. The van der Waals surface area contributed by atoms with Crippen LogP contribution in [-0.2, 0) is 15.8 Å². The van der Waals surface area contributed by atoms with E-state index in [1.165, 1.54) is 42.5 Å². The maximum Gasteiger partial charge on any atom is 0.422 e. The second kappa shape index (κ2) is 16.0. The molecule has 0 saturated heterocycles. The lowest BCUT2D eigenvalue weighted by molar-refractivity contribution is -0.143. The van der Waals surface area contributed by atoms with Crippen molar-refractivity contribution in [3.05, 3.63) is 166 Å². The van der Waals surface area contributed by atoms with E-state index >= 15 is 0 Å². The Hall–Kier alpha value is -5.89. The van der Waals surface area contributed by atoms with Gasteiger partial charge in [-0.05, 0) is 60.5 Å². The summed E-state index contributed by atoms with van der Waals surface area (Å²) in [5.41, 5.74) is -2.10. The Balaban J connectivity index is 1.37. The average Bonchev–Trinajstić information content (AvgIpc) is 3.12. The molecule has 0 saturated carbocycles. The Morgan fingerprint density at radius 1 is 0.712 bits per heavy atom. The highest BCUT2D eigenvalue weighted by atomic mass is 32.2. The van der Waals surface area contributed by atoms with Crippen molar-refractivity contribution < 1.29 is 45.1 Å². The number of rotatable bonds is 10. The molecule has 5 aromatic rings. The number of carbonyl (C=O) groups is 3. The molecule has 0 fully saturated rings. The van der Waals surface area contributed by atoms with Crippen LogP contribution in [0.2, 0.25) is 0 Å². The molecule has 14 heteroatoms. The minimum absolute atomic E-state index is 0.0608. The molecule has 0 heterocycles. The van der Waals surface area contributed by atoms with Gasteiger partial charge in [0.05, 0.1) is 0 Å². The van der Waals surface area contributed by atoms with Gasteiger partial charge >= 0.3 is 6.18 Å². The van der Waals surface area contributed by atoms with Gasteiger partial charge in [0.2, 0.25) is 5.91 Å². The fourth-order valence-corrected chi connectivity index (χ4v) is 5.92. The van der Waals surface area contributed by atoms with Crippen LogP contribution in [0.1, 0.15) is 37.9 Å². The van der Waals surface area contributed by atoms with Gasteiger partial charge in [-0.2, -0.15) is 13.2 Å². The zero-order valence-corrected chi connectivity index (χ0v) is 27.6. The van der Waals surface area contributed by atoms with Gasteiger partial charge in [0.25, 0.3) is 11.8 Å². The predicted molar refractivity (Wildman–Crippen MR) is 183 cm³/mol. The smallest absolute Gasteiger partial charge is 0.321 e. The van der Waals surface area contributed by atoms with Gasteiger partial charge in [-0.1, -0.05) is 78.4 Å². The first-order valence-corrected chi connectivity index (χ1v) is 16.1. The molecule has 1 unspecified atom stereocenters. The highest BCUT2D eigenvalue weighted by Crippen LogP contribution is 2.40. The molecule has 0 aliphatic rings. The second-order valence-corrected chi connectivity index (χ2v) is 12.4. The van der Waals surface area contributed by atoms with E-state index in [0.717, 1.165) is 17.3 Å². The van der Waals surface area contributed by atoms with Crippen LogP contribution in [0.5, 0.6) is 0 Å². The van der Waals surface area contributed by atoms with Crippen LogP contribution in [0.3, 0.4) is 0 Å². The molecule has 3 amide bonds. The van der Waals surface area contributed by atoms with Crippen molar-refractivity contribution in [1.82, 2.24) is 5.32 Å². The summed E-state index contributed by atoms with van der Waals surface area (Å²) in [6.07, 6.45) is -4.24. The number of benzene rings is 5. The van der Waals surface area contributed by atoms with E-state index in [2.05, 4.69) is 10.6 Å². The van der Waals surface area contributed by atoms with E-state index in [1.807, 2.05) is 19.1 Å². The normalized spacial score (nSPS) is 12.2. The molecule has 266 valence electrons. The fraction of sp³-hybridized carbons (Fsp3) is 0.0789. The zero-order valence-electron chi connectivity index (χ0n) is 26.8. The Bertz CT molecular complexity index is 2120. The van der Waals surface area contributed by atoms with Gasteiger partial charge < -0.3 is 16.0 Å². The van der Waals surface area contributed by atoms with Gasteiger partial charge in [0, 0.05) is 16.1 Å². The monoisotopic (exact) mass is 737 g/mol. The summed E-state index contributed by atoms with van der Waals surface area (Å²) in [5, 5.41) is 5.71. The Kier molecular flexibility index (Phi) is 11.5. The summed E-state index contributed by atoms with van der Waals surface area (Å²) in [7, 11) is 0. The molecule has 1 atom stereocenters. The summed E-state index contributed by atoms with van der Waals surface area (Å²) < 4.78 is 96.9. The summed E-state index contributed by atoms with van der Waals surface area (Å²) in [5.74, 6) is -12.6. The molecule has 5 aromatic carbocycles. The standard InChI is InChI=1S/C38H26F7N3O3S/c1-21-9-8-10-22(19-21)20-27(47-35(49)24-13-6-3-7-14-24)36(50)46-25-15-17-26(18-16-25)52-34(23-11-4-2-5-12-23)37(51)48-33-31(41)29(39)28(38(43,44)45)30(40)32(33)42/h2-20,34H,1H3,(H,46,50)(H,47,49)(H,48,51)/b27-20-. The lowest BCUT2D eigenvalue weighted by Gasteiger charge is -2.19. The van der Waals surface area contributed by atoms with Gasteiger partial charge in [-0.15, -0.1) is 11.8 Å². The predicted octanol–water partition coefficient (Wildman–Crippen LogP) is 9.45. The van der Waals surface area contributed by atoms with Crippen molar-refractivity contribution in [1.29, 1.82) is 0 Å². The highest BCUT2D eigenvalue weighted by molar-refractivity contribution is 8.00. The van der Waals surface area contributed by atoms with E-state index in [9.17, 15) is 45.1 Å². The highest BCUT2D eigenvalue weighted by Gasteiger charge is 2.43. The lowest BCUT2D eigenvalue weighted by atomic mass is 10.1. The van der Waals surface area contributed by atoms with E-state index < -0.39 is 63.7 Å². The van der Waals surface area contributed by atoms with Gasteiger partial charge in [0.15, 0.2) is 23.3 Å². The maximum atomic E-state index is 14.6. The number of alkyl halides is 3. The number of hydrogen-bond donors (Lipinski definition) is 3. The van der Waals surface area contributed by atoms with Gasteiger partial charge in [-0.3, -0.25) is 14.4 Å². The van der Waals surface area contributed by atoms with Crippen molar-refractivity contribution in [2.45, 2.75) is 23.2 Å². The molecule has 6 nitrogen and oxygen atoms in total. The van der Waals surface area contributed by atoms with E-state index in [4.69, 9.17) is 0 Å². The Labute approximate surface area is 296 Å². The molecule has 0 aromatic heterocycles. The SMILES string of the molecule is Cc1cccc(/C=C(\NC(=O)c2ccccc2)C(=O)Nc2ccc(SC(C(=O)Nc3c(F)c(F)c(C(F)(F)F)c(F)c3F)c3ccccc3)cc2)c1. The second-order valence-electron chi connectivity index (χ2n) is 11.2. The molecule has 0 radical (unpaired) electrons. The largest absolute Gasteiger partial charge is 0.422 e. The van der Waals surface area contributed by atoms with Crippen molar-refractivity contribution in [2.75, 3.05) is 10.6 Å². The number of nitrogens with one attached hydrogen (secondary N) is 3. The molecule has 0 aliphatic heterocycles. The van der Waals surface area contributed by atoms with Crippen LogP contribution in [0.4, 0.5) is 42.1 Å². The van der Waals surface area contributed by atoms with Gasteiger partial charge in [0.1, 0.15) is 22.2 Å². The molecule has 0 aliphatic carbocycles. The number of amides is 3. The molecule has 3 N–H and O–H groups in total. The summed E-state index contributed by atoms with van der Waals surface area (Å²) >= 11 is 0.834. The van der Waals surface area contributed by atoms with E-state index in [-0.39, 0.29) is 16.9 Å². The van der Waals surface area contributed by atoms with Crippen LogP contribution in [0.15, 0.2) is 120 Å². The summed E-state index contributed by atoms with van der Waals surface area (Å²) in [6, 6.07) is 29.1. The van der Waals surface area contributed by atoms with Crippen molar-refractivity contribution in [2.24, 2.45) is 0 Å². The number of halogens is 7. The molecular formula is C38H26F7N3O3S. The van der Waals surface area contributed by atoms with Gasteiger partial charge in [-0.25, -0.2) is 17.6 Å². The number of carbonyl (C=O) groups excluding carboxylic acids is 3. The first-order chi connectivity index (χ1) is 24.7. The van der Waals surface area contributed by atoms with Crippen LogP contribution in [-0.4, -0.2) is 17.7 Å². The molecule has 0 spiro atoms. The Morgan fingerprint density at radius 2 is 1.31 bits per heavy atom. The summed E-state index contributed by atoms with van der Waals surface area (Å²) in [4.78, 5) is 40.1. The number of thioether (sulfide) groups is 1. The van der Waals surface area contributed by atoms with Crippen LogP contribution >= 0.6 is 11.8 Å². The topological polar surface area (TPSA) is 87.3 Å². The van der Waals surface area contributed by atoms with E-state index in [1.54, 1.807) is 66.0 Å². The molecular weight excluding hydrogens is 711 g/mol. The first kappa shape index (κ1) is 37.4. The fourth-order valence-electron chi connectivity index (χ4n) is 4.90. The third-order valence-electron chi connectivity index (χ3n) is 7.38. The first-order valence-electron chi connectivity index (χ1n) is 15.2. The minimum atomic E-state index is -5.75. The van der Waals surface area contributed by atoms with Crippen molar-refractivity contribution >= 4 is 46.9 Å². The van der Waals surface area contributed by atoms with Crippen LogP contribution in [0.25, 0.3) is 6.08 Å². The molecule has 0 bridgehead atoms. The van der Waals surface area contributed by atoms with E-state index in [0.29, 0.717) is 16.0 Å². The maximum absolute atomic E-state index is 14.6. The van der Waals surface area contributed by atoms with Crippen molar-refractivity contribution in [3.63, 3.8) is 0 Å². The van der Waals surface area contributed by atoms with Crippen LogP contribution < -0.4 is 16.0 Å². The minimum Gasteiger partial charge on any atom is -0.321 e. The summed E-state index contributed by atoms with van der Waals surface area (Å²) in [6.45, 7) is 1.87. The number of anilines is 2.